The Morgan fingerprint density at radius 3 is 2.57 bits per heavy atom. The fourth-order valence-corrected chi connectivity index (χ4v) is 5.90. The fourth-order valence-electron chi connectivity index (χ4n) is 5.90. The van der Waals surface area contributed by atoms with Gasteiger partial charge in [0.05, 0.1) is 30.9 Å². The summed E-state index contributed by atoms with van der Waals surface area (Å²) >= 11 is 0. The molecule has 3 aliphatic rings. The Kier molecular flexibility index (Phi) is 8.93. The lowest BCUT2D eigenvalue weighted by atomic mass is 9.85. The molecule has 42 heavy (non-hydrogen) atoms. The molecule has 0 spiro atoms. The number of amides is 3. The van der Waals surface area contributed by atoms with Crippen LogP contribution in [0.3, 0.4) is 0 Å². The molecule has 3 amide bonds. The minimum atomic E-state index is -0.905. The van der Waals surface area contributed by atoms with E-state index in [0.29, 0.717) is 37.8 Å². The lowest BCUT2D eigenvalue weighted by molar-refractivity contribution is -0.144. The molecule has 3 fully saturated rings. The second-order valence-corrected chi connectivity index (χ2v) is 12.8. The van der Waals surface area contributed by atoms with Gasteiger partial charge in [-0.3, -0.25) is 14.4 Å². The Labute approximate surface area is 245 Å². The van der Waals surface area contributed by atoms with E-state index in [0.717, 1.165) is 18.5 Å². The summed E-state index contributed by atoms with van der Waals surface area (Å²) in [6.07, 6.45) is 3.41. The molecule has 1 saturated carbocycles. The topological polar surface area (TPSA) is 130 Å². The maximum absolute atomic E-state index is 14.0. The van der Waals surface area contributed by atoms with Crippen molar-refractivity contribution in [3.05, 3.63) is 47.5 Å². The van der Waals surface area contributed by atoms with Crippen molar-refractivity contribution >= 4 is 17.7 Å². The third-order valence-corrected chi connectivity index (χ3v) is 8.27. The zero-order chi connectivity index (χ0) is 30.0. The molecule has 5 rings (SSSR count). The van der Waals surface area contributed by atoms with Crippen LogP contribution in [-0.2, 0) is 25.5 Å². The molecule has 0 bridgehead atoms. The van der Waals surface area contributed by atoms with Crippen molar-refractivity contribution in [2.24, 2.45) is 11.3 Å². The number of aliphatic hydroxyl groups excluding tert-OH is 1. The molecule has 3 unspecified atom stereocenters. The standard InChI is InChI=1S/C30H41FN6O5/c1-30(2,3)26(37-18-24(33-34-37)20-7-8-20)29(41)36-17-23(38)15-25(36)27(39)32-16-21(13-19-5-4-6-22(31)14-19)28(40)35-9-11-42-12-10-35/h4-6,14,18,20-21,23,25-26,38H,7-13,15-17H2,1-3H3,(H,32,39)/t21?,23?,25?,26-/m1/s1. The van der Waals surface area contributed by atoms with Gasteiger partial charge in [0.25, 0.3) is 0 Å². The minimum absolute atomic E-state index is 0.0106. The molecular formula is C30H41FN6O5. The first-order valence-electron chi connectivity index (χ1n) is 14.8. The van der Waals surface area contributed by atoms with Crippen LogP contribution in [0.4, 0.5) is 4.39 Å². The normalized spacial score (nSPS) is 22.6. The Morgan fingerprint density at radius 1 is 1.17 bits per heavy atom. The van der Waals surface area contributed by atoms with Gasteiger partial charge in [-0.25, -0.2) is 9.07 Å². The van der Waals surface area contributed by atoms with Gasteiger partial charge in [-0.1, -0.05) is 38.1 Å². The van der Waals surface area contributed by atoms with Crippen molar-refractivity contribution in [2.45, 2.75) is 70.6 Å². The van der Waals surface area contributed by atoms with Crippen LogP contribution in [0.25, 0.3) is 0 Å². The Morgan fingerprint density at radius 2 is 1.90 bits per heavy atom. The highest BCUT2D eigenvalue weighted by molar-refractivity contribution is 5.90. The zero-order valence-corrected chi connectivity index (χ0v) is 24.5. The number of hydrogen-bond donors (Lipinski definition) is 2. The van der Waals surface area contributed by atoms with Crippen LogP contribution < -0.4 is 5.32 Å². The summed E-state index contributed by atoms with van der Waals surface area (Å²) in [4.78, 5) is 44.2. The molecule has 1 aromatic carbocycles. The van der Waals surface area contributed by atoms with E-state index in [1.54, 1.807) is 21.7 Å². The summed E-state index contributed by atoms with van der Waals surface area (Å²) in [6, 6.07) is 4.46. The average molecular weight is 585 g/mol. The summed E-state index contributed by atoms with van der Waals surface area (Å²) in [6.45, 7) is 7.60. The maximum Gasteiger partial charge on any atom is 0.248 e. The first-order valence-corrected chi connectivity index (χ1v) is 14.8. The average Bonchev–Trinajstić information content (AvgIpc) is 3.56. The summed E-state index contributed by atoms with van der Waals surface area (Å²) in [5, 5.41) is 22.0. The van der Waals surface area contributed by atoms with Gasteiger partial charge >= 0.3 is 0 Å². The van der Waals surface area contributed by atoms with Crippen LogP contribution in [0, 0.1) is 17.2 Å². The van der Waals surface area contributed by atoms with Crippen LogP contribution in [0.5, 0.6) is 0 Å². The number of nitrogens with one attached hydrogen (secondary N) is 1. The number of aliphatic hydroxyl groups is 1. The summed E-state index contributed by atoms with van der Waals surface area (Å²) in [5.74, 6) is -1.55. The van der Waals surface area contributed by atoms with Gasteiger partial charge in [0.15, 0.2) is 0 Å². The van der Waals surface area contributed by atoms with Crippen molar-refractivity contribution in [1.82, 2.24) is 30.1 Å². The first-order chi connectivity index (χ1) is 20.0. The summed E-state index contributed by atoms with van der Waals surface area (Å²) in [5.41, 5.74) is 0.971. The molecule has 1 aliphatic carbocycles. The van der Waals surface area contributed by atoms with Crippen LogP contribution in [0.2, 0.25) is 0 Å². The quantitative estimate of drug-likeness (QED) is 0.459. The third-order valence-electron chi connectivity index (χ3n) is 8.27. The van der Waals surface area contributed by atoms with E-state index in [2.05, 4.69) is 15.6 Å². The van der Waals surface area contributed by atoms with Crippen LogP contribution in [0.15, 0.2) is 30.5 Å². The molecule has 11 nitrogen and oxygen atoms in total. The Bertz CT molecular complexity index is 1280. The van der Waals surface area contributed by atoms with Crippen molar-refractivity contribution < 1.29 is 28.6 Å². The largest absolute Gasteiger partial charge is 0.391 e. The number of rotatable bonds is 9. The summed E-state index contributed by atoms with van der Waals surface area (Å²) < 4.78 is 20.9. The maximum atomic E-state index is 14.0. The highest BCUT2D eigenvalue weighted by Crippen LogP contribution is 2.40. The fraction of sp³-hybridized carbons (Fsp3) is 0.633. The second kappa shape index (κ2) is 12.5. The van der Waals surface area contributed by atoms with E-state index in [9.17, 15) is 23.9 Å². The molecule has 228 valence electrons. The first kappa shape index (κ1) is 30.1. The molecule has 12 heteroatoms. The van der Waals surface area contributed by atoms with Crippen molar-refractivity contribution in [2.75, 3.05) is 39.4 Å². The van der Waals surface area contributed by atoms with Crippen molar-refractivity contribution in [3.8, 4) is 0 Å². The molecule has 0 radical (unpaired) electrons. The van der Waals surface area contributed by atoms with E-state index in [-0.39, 0.29) is 37.7 Å². The molecule has 1 aromatic heterocycles. The number of hydrogen-bond acceptors (Lipinski definition) is 7. The molecular weight excluding hydrogens is 543 g/mol. The number of carbonyl (C=O) groups is 3. The van der Waals surface area contributed by atoms with Gasteiger partial charge in [-0.15, -0.1) is 5.10 Å². The number of likely N-dealkylation sites (tertiary alicyclic amines) is 1. The van der Waals surface area contributed by atoms with Crippen LogP contribution >= 0.6 is 0 Å². The predicted molar refractivity (Wildman–Crippen MR) is 151 cm³/mol. The zero-order valence-electron chi connectivity index (χ0n) is 24.5. The van der Waals surface area contributed by atoms with Crippen molar-refractivity contribution in [3.63, 3.8) is 0 Å². The van der Waals surface area contributed by atoms with Crippen LogP contribution in [-0.4, -0.2) is 99.2 Å². The lowest BCUT2D eigenvalue weighted by Crippen LogP contribution is -2.52. The number of morpholine rings is 1. The monoisotopic (exact) mass is 584 g/mol. The number of β-amino-alcohol motifs (C(OH)–C–C–N with tert-alkyl or cyclic N) is 1. The summed E-state index contributed by atoms with van der Waals surface area (Å²) in [7, 11) is 0. The third kappa shape index (κ3) is 6.97. The number of nitrogens with zero attached hydrogens (tertiary/aromatic N) is 5. The Balaban J connectivity index is 1.31. The number of ether oxygens (including phenoxy) is 1. The van der Waals surface area contributed by atoms with Gasteiger partial charge < -0.3 is 25.0 Å². The molecule has 4 atom stereocenters. The predicted octanol–water partition coefficient (Wildman–Crippen LogP) is 1.68. The van der Waals surface area contributed by atoms with Gasteiger partial charge in [0.2, 0.25) is 17.7 Å². The van der Waals surface area contributed by atoms with Crippen molar-refractivity contribution in [1.29, 1.82) is 0 Å². The highest BCUT2D eigenvalue weighted by atomic mass is 19.1. The highest BCUT2D eigenvalue weighted by Gasteiger charge is 2.45. The number of aromatic nitrogens is 3. The van der Waals surface area contributed by atoms with E-state index < -0.39 is 41.2 Å². The molecule has 3 heterocycles. The second-order valence-electron chi connectivity index (χ2n) is 12.8. The van der Waals surface area contributed by atoms with Crippen LogP contribution in [0.1, 0.15) is 63.3 Å². The van der Waals surface area contributed by atoms with Gasteiger partial charge in [0.1, 0.15) is 17.9 Å². The van der Waals surface area contributed by atoms with E-state index >= 15 is 0 Å². The van der Waals surface area contributed by atoms with Gasteiger partial charge in [-0.05, 0) is 42.4 Å². The van der Waals surface area contributed by atoms with E-state index in [1.807, 2.05) is 27.0 Å². The molecule has 2 aromatic rings. The molecule has 2 saturated heterocycles. The minimum Gasteiger partial charge on any atom is -0.391 e. The SMILES string of the molecule is CC(C)(C)[C@@H](C(=O)N1CC(O)CC1C(=O)NCC(Cc1cccc(F)c1)C(=O)N1CCOCC1)n1cc(C2CC2)nn1. The van der Waals surface area contributed by atoms with Gasteiger partial charge in [-0.2, -0.15) is 0 Å². The van der Waals surface area contributed by atoms with Gasteiger partial charge in [0, 0.05) is 44.7 Å². The molecule has 2 aliphatic heterocycles. The molecule has 2 N–H and O–H groups in total. The Hall–Kier alpha value is -3.38. The smallest absolute Gasteiger partial charge is 0.248 e. The number of carbonyl (C=O) groups excluding carboxylic acids is 3. The van der Waals surface area contributed by atoms with E-state index in [4.69, 9.17) is 4.74 Å². The lowest BCUT2D eigenvalue weighted by Gasteiger charge is -2.35. The number of halogens is 1. The van der Waals surface area contributed by atoms with E-state index in [1.165, 1.54) is 17.0 Å². The number of benzene rings is 1.